The number of furan rings is 1. The second-order valence-electron chi connectivity index (χ2n) is 18.8. The predicted molar refractivity (Wildman–Crippen MR) is 331 cm³/mol. The van der Waals surface area contributed by atoms with Crippen LogP contribution >= 0.6 is 0 Å². The van der Waals surface area contributed by atoms with Crippen LogP contribution in [-0.4, -0.2) is 148 Å². The summed E-state index contributed by atoms with van der Waals surface area (Å²) in [5.41, 5.74) is 31.8. The fourth-order valence-corrected chi connectivity index (χ4v) is 11.1. The summed E-state index contributed by atoms with van der Waals surface area (Å²) in [7, 11) is 38.9. The summed E-state index contributed by atoms with van der Waals surface area (Å²) in [4.78, 5) is 15.9. The average molecular weight is 803 g/mol. The molecule has 2 heterocycles. The summed E-state index contributed by atoms with van der Waals surface area (Å²) < 4.78 is 7.57. The predicted octanol–water partition coefficient (Wildman–Crippen LogP) is -18.3. The van der Waals surface area contributed by atoms with Gasteiger partial charge in [-0.1, -0.05) is 121 Å². The molecule has 288 valence electrons. The molecule has 0 bridgehead atoms. The van der Waals surface area contributed by atoms with Crippen molar-refractivity contribution < 1.29 is 4.42 Å². The van der Waals surface area contributed by atoms with E-state index in [4.69, 9.17) is 19.4 Å². The molecule has 0 radical (unpaired) electrons. The Bertz CT molecular complexity index is 3410. The smallest absolute Gasteiger partial charge is 0.164 e. The number of nitrogens with zero attached hydrogens (tertiary/aromatic N) is 3. The van der Waals surface area contributed by atoms with Crippen molar-refractivity contribution in [3.05, 3.63) is 60.7 Å². The van der Waals surface area contributed by atoms with Crippen molar-refractivity contribution >= 4 is 259 Å². The molecular formula is C43H44B17N3O. The molecule has 7 aromatic carbocycles. The van der Waals surface area contributed by atoms with Crippen molar-refractivity contribution in [2.45, 2.75) is 0 Å². The number of fused-ring (bicyclic) bond motifs is 4. The maximum atomic E-state index is 7.57. The zero-order valence-corrected chi connectivity index (χ0v) is 41.0. The summed E-state index contributed by atoms with van der Waals surface area (Å²) in [5.74, 6) is 1.93. The van der Waals surface area contributed by atoms with E-state index in [0.717, 1.165) is 55.1 Å². The van der Waals surface area contributed by atoms with Crippen molar-refractivity contribution in [1.29, 1.82) is 0 Å². The van der Waals surface area contributed by atoms with Crippen LogP contribution in [0.4, 0.5) is 0 Å². The molecule has 0 fully saturated rings. The van der Waals surface area contributed by atoms with Gasteiger partial charge in [0.15, 0.2) is 17.5 Å². The van der Waals surface area contributed by atoms with Gasteiger partial charge in [-0.25, -0.2) is 15.0 Å². The van der Waals surface area contributed by atoms with Crippen LogP contribution in [0.25, 0.3) is 89.1 Å². The van der Waals surface area contributed by atoms with Gasteiger partial charge in [0.25, 0.3) is 0 Å². The van der Waals surface area contributed by atoms with Gasteiger partial charge < -0.3 is 4.42 Å². The highest BCUT2D eigenvalue weighted by Gasteiger charge is 2.30. The minimum absolute atomic E-state index is 0.642. The van der Waals surface area contributed by atoms with E-state index in [1.807, 2.05) is 36.4 Å². The maximum absolute atomic E-state index is 7.57. The lowest BCUT2D eigenvalue weighted by Gasteiger charge is -2.28. The van der Waals surface area contributed by atoms with Crippen molar-refractivity contribution in [3.8, 4) is 56.4 Å². The number of benzene rings is 7. The molecule has 21 heteroatoms. The first-order valence-corrected chi connectivity index (χ1v) is 22.8. The molecule has 0 saturated carbocycles. The first-order chi connectivity index (χ1) is 30.4. The molecule has 0 aliphatic carbocycles. The summed E-state index contributed by atoms with van der Waals surface area (Å²) in [6.45, 7) is 0. The van der Waals surface area contributed by atoms with Gasteiger partial charge in [0.05, 0.1) is 0 Å². The molecule has 64 heavy (non-hydrogen) atoms. The molecule has 0 spiro atoms. The van der Waals surface area contributed by atoms with Crippen molar-refractivity contribution in [2.24, 2.45) is 0 Å². The van der Waals surface area contributed by atoms with E-state index in [1.54, 1.807) is 0 Å². The SMILES string of the molecule is Bc1c(B)c(B)c(-c2c(B)c(B)c(-c3c(B)c(B)c(-c4nc(-c5ccccc5)nc(-c5ccccc5)n4)c4c3oc3c(B)c5c(B)c(B)c(B)c(B)c5c(B)c34)c(B)c2B)c(B)c1B. The zero-order chi connectivity index (χ0) is 46.0. The molecule has 0 amide bonds. The second kappa shape index (κ2) is 16.0. The lowest BCUT2D eigenvalue weighted by molar-refractivity contribution is 0.673. The highest BCUT2D eigenvalue weighted by Crippen LogP contribution is 2.39. The third-order valence-electron chi connectivity index (χ3n) is 15.9. The van der Waals surface area contributed by atoms with E-state index in [-0.39, 0.29) is 0 Å². The number of aromatic nitrogens is 3. The summed E-state index contributed by atoms with van der Waals surface area (Å²) >= 11 is 0. The van der Waals surface area contributed by atoms with E-state index in [2.05, 4.69) is 158 Å². The molecule has 9 rings (SSSR count). The van der Waals surface area contributed by atoms with E-state index in [9.17, 15) is 0 Å². The van der Waals surface area contributed by atoms with Gasteiger partial charge in [0.2, 0.25) is 0 Å². The molecule has 0 aliphatic heterocycles. The van der Waals surface area contributed by atoms with Crippen LogP contribution in [0.3, 0.4) is 0 Å². The van der Waals surface area contributed by atoms with Crippen molar-refractivity contribution in [1.82, 2.24) is 15.0 Å². The van der Waals surface area contributed by atoms with Crippen molar-refractivity contribution in [2.75, 3.05) is 0 Å². The van der Waals surface area contributed by atoms with E-state index >= 15 is 0 Å². The summed E-state index contributed by atoms with van der Waals surface area (Å²) in [6.07, 6.45) is 0. The Balaban J connectivity index is 1.49. The molecule has 9 aromatic rings. The first-order valence-electron chi connectivity index (χ1n) is 22.8. The Morgan fingerprint density at radius 1 is 0.250 bits per heavy atom. The molecule has 0 unspecified atom stereocenters. The minimum Gasteiger partial charge on any atom is -0.456 e. The highest BCUT2D eigenvalue weighted by molar-refractivity contribution is 6.73. The third-order valence-corrected chi connectivity index (χ3v) is 15.9. The summed E-state index contributed by atoms with van der Waals surface area (Å²) in [6, 6.07) is 20.6. The van der Waals surface area contributed by atoms with Crippen LogP contribution < -0.4 is 92.9 Å². The van der Waals surface area contributed by atoms with Crippen LogP contribution in [0.5, 0.6) is 0 Å². The second-order valence-corrected chi connectivity index (χ2v) is 18.8. The van der Waals surface area contributed by atoms with Crippen LogP contribution in [0.1, 0.15) is 0 Å². The molecule has 4 nitrogen and oxygen atoms in total. The van der Waals surface area contributed by atoms with Crippen LogP contribution in [0, 0.1) is 0 Å². The Labute approximate surface area is 393 Å². The number of hydrogen-bond donors (Lipinski definition) is 0. The van der Waals surface area contributed by atoms with Gasteiger partial charge in [-0.3, -0.25) is 0 Å². The molecule has 0 atom stereocenters. The minimum atomic E-state index is 0.642. The van der Waals surface area contributed by atoms with Crippen LogP contribution in [-0.2, 0) is 0 Å². The van der Waals surface area contributed by atoms with Gasteiger partial charge >= 0.3 is 0 Å². The molecule has 0 saturated heterocycles. The lowest BCUT2D eigenvalue weighted by Crippen LogP contribution is -2.57. The van der Waals surface area contributed by atoms with Crippen LogP contribution in [0.2, 0.25) is 0 Å². The first kappa shape index (κ1) is 43.9. The van der Waals surface area contributed by atoms with Gasteiger partial charge in [-0.15, -0.1) is 27.3 Å². The zero-order valence-electron chi connectivity index (χ0n) is 41.0. The molecule has 2 aromatic heterocycles. The standard InChI is InChI=1S/C43H44B17N3O/c44-22-14-17(30(52)35(57)34(56)27(14)49)33(55)40-19(22)13-21(43-62-41(11-7-3-1-4-8-11)61-42(63-43)12-9-5-2-6-10-12)32(54)31(53)20(39(13)64-40)18-25(47)23(45)15(24(46)26(18)48)16-28(50)36(58)38(60)37(59)29(16)51/h1-10H,44-60H2. The lowest BCUT2D eigenvalue weighted by atomic mass is 9.55. The maximum Gasteiger partial charge on any atom is 0.164 e. The topological polar surface area (TPSA) is 51.8 Å². The highest BCUT2D eigenvalue weighted by atomic mass is 16.3. The average Bonchev–Trinajstić information content (AvgIpc) is 3.70. The largest absolute Gasteiger partial charge is 0.456 e. The van der Waals surface area contributed by atoms with Gasteiger partial charge in [-0.05, 0) is 32.9 Å². The van der Waals surface area contributed by atoms with E-state index in [0.29, 0.717) is 17.5 Å². The molecule has 0 aliphatic rings. The van der Waals surface area contributed by atoms with E-state index < -0.39 is 0 Å². The third kappa shape index (κ3) is 6.33. The van der Waals surface area contributed by atoms with Crippen LogP contribution in [0.15, 0.2) is 65.1 Å². The molecule has 0 N–H and O–H groups in total. The Kier molecular flexibility index (Phi) is 11.0. The normalized spacial score (nSPS) is 11.6. The number of rotatable bonds is 5. The van der Waals surface area contributed by atoms with Gasteiger partial charge in [-0.2, -0.15) is 0 Å². The monoisotopic (exact) mass is 806 g/mol. The Morgan fingerprint density at radius 2 is 0.578 bits per heavy atom. The number of hydrogen-bond acceptors (Lipinski definition) is 4. The van der Waals surface area contributed by atoms with E-state index in [1.165, 1.54) is 109 Å². The quantitative estimate of drug-likeness (QED) is 0.163. The fourth-order valence-electron chi connectivity index (χ4n) is 11.1. The Morgan fingerprint density at radius 3 is 1.03 bits per heavy atom. The van der Waals surface area contributed by atoms with Gasteiger partial charge in [0, 0.05) is 33.0 Å². The Hall–Kier alpha value is -5.29. The molecular weight excluding hydrogens is 758 g/mol. The van der Waals surface area contributed by atoms with Gasteiger partial charge in [0.1, 0.15) is 145 Å². The fraction of sp³-hybridized carbons (Fsp3) is 0. The van der Waals surface area contributed by atoms with Crippen molar-refractivity contribution in [3.63, 3.8) is 0 Å². The summed E-state index contributed by atoms with van der Waals surface area (Å²) in [5, 5.41) is 4.79.